The lowest BCUT2D eigenvalue weighted by molar-refractivity contribution is 0.0824. The number of para-hydroxylation sites is 1. The van der Waals surface area contributed by atoms with Crippen LogP contribution in [-0.2, 0) is 0 Å². The molecule has 0 saturated carbocycles. The number of carbonyl (C=O) groups excluding carboxylic acids is 1. The van der Waals surface area contributed by atoms with Gasteiger partial charge in [0.2, 0.25) is 0 Å². The lowest BCUT2D eigenvalue weighted by Gasteiger charge is -2.18. The Kier molecular flexibility index (Phi) is 6.12. The summed E-state index contributed by atoms with van der Waals surface area (Å²) in [4.78, 5) is 13.7. The molecule has 2 aromatic heterocycles. The average molecular weight is 428 g/mol. The highest BCUT2D eigenvalue weighted by Gasteiger charge is 2.22. The van der Waals surface area contributed by atoms with Gasteiger partial charge < -0.3 is 25.1 Å². The molecule has 2 heterocycles. The predicted molar refractivity (Wildman–Crippen MR) is 119 cm³/mol. The van der Waals surface area contributed by atoms with Crippen molar-refractivity contribution in [2.24, 2.45) is 0 Å². The van der Waals surface area contributed by atoms with Crippen LogP contribution >= 0.6 is 11.7 Å². The molecule has 8 nitrogen and oxygen atoms in total. The summed E-state index contributed by atoms with van der Waals surface area (Å²) in [6.07, 6.45) is 0. The topological polar surface area (TPSA) is 104 Å². The van der Waals surface area contributed by atoms with Crippen LogP contribution in [0.25, 0.3) is 0 Å². The zero-order valence-corrected chi connectivity index (χ0v) is 18.4. The van der Waals surface area contributed by atoms with Gasteiger partial charge in [-0.2, -0.15) is 8.75 Å². The quantitative estimate of drug-likeness (QED) is 0.373. The largest absolute Gasteiger partial charge is 0.505 e. The van der Waals surface area contributed by atoms with Crippen LogP contribution in [0.2, 0.25) is 0 Å². The van der Waals surface area contributed by atoms with Gasteiger partial charge >= 0.3 is 0 Å². The third-order valence-electron chi connectivity index (χ3n) is 4.66. The number of aromatic hydroxyl groups is 1. The van der Waals surface area contributed by atoms with E-state index in [0.717, 1.165) is 34.4 Å². The first-order chi connectivity index (χ1) is 14.2. The lowest BCUT2D eigenvalue weighted by Crippen LogP contribution is -2.21. The maximum atomic E-state index is 12.3. The minimum Gasteiger partial charge on any atom is -0.505 e. The van der Waals surface area contributed by atoms with Crippen molar-refractivity contribution < 1.29 is 14.3 Å². The molecule has 0 saturated heterocycles. The summed E-state index contributed by atoms with van der Waals surface area (Å²) in [5.74, 6) is 2.05. The van der Waals surface area contributed by atoms with E-state index in [1.807, 2.05) is 26.8 Å². The first-order valence-electron chi connectivity index (χ1n) is 9.31. The molecule has 0 aliphatic heterocycles. The van der Waals surface area contributed by atoms with Crippen molar-refractivity contribution in [2.75, 3.05) is 24.7 Å². The Morgan fingerprint density at radius 2 is 1.97 bits per heavy atom. The maximum absolute atomic E-state index is 12.3. The molecule has 0 fully saturated rings. The molecule has 0 aliphatic carbocycles. The fourth-order valence-electron chi connectivity index (χ4n) is 2.87. The third kappa shape index (κ3) is 4.30. The van der Waals surface area contributed by atoms with Crippen molar-refractivity contribution in [3.8, 4) is 5.75 Å². The number of rotatable bonds is 7. The normalized spacial score (nSPS) is 11.8. The van der Waals surface area contributed by atoms with E-state index in [2.05, 4.69) is 26.0 Å². The first-order valence-corrected chi connectivity index (χ1v) is 10.0. The van der Waals surface area contributed by atoms with Gasteiger partial charge in [-0.05, 0) is 44.5 Å². The molecule has 0 spiro atoms. The number of aromatic nitrogens is 2. The third-order valence-corrected chi connectivity index (χ3v) is 5.19. The average Bonchev–Trinajstić information content (AvgIpc) is 3.26. The van der Waals surface area contributed by atoms with E-state index in [9.17, 15) is 9.90 Å². The van der Waals surface area contributed by atoms with Crippen molar-refractivity contribution in [1.82, 2.24) is 13.6 Å². The van der Waals surface area contributed by atoms with Crippen molar-refractivity contribution in [3.63, 3.8) is 0 Å². The molecule has 0 bridgehead atoms. The van der Waals surface area contributed by atoms with Crippen LogP contribution in [0.15, 0.2) is 40.8 Å². The van der Waals surface area contributed by atoms with Crippen LogP contribution in [0.4, 0.5) is 17.3 Å². The van der Waals surface area contributed by atoms with Crippen molar-refractivity contribution in [2.45, 2.75) is 26.8 Å². The number of phenolic OH excluding ortho intramolecular Hbond substituents is 1. The number of hydrogen-bond acceptors (Lipinski definition) is 8. The van der Waals surface area contributed by atoms with Gasteiger partial charge in [-0.1, -0.05) is 18.2 Å². The Hall–Kier alpha value is -3.33. The Bertz CT molecular complexity index is 1070. The fraction of sp³-hybridized carbons (Fsp3) is 0.286. The van der Waals surface area contributed by atoms with E-state index < -0.39 is 0 Å². The smallest absolute Gasteiger partial charge is 0.257 e. The fourth-order valence-corrected chi connectivity index (χ4v) is 3.34. The summed E-state index contributed by atoms with van der Waals surface area (Å²) < 4.78 is 14.5. The molecular formula is C21H25N5O3S. The Morgan fingerprint density at radius 3 is 2.57 bits per heavy atom. The summed E-state index contributed by atoms with van der Waals surface area (Å²) in [6.45, 7) is 9.86. The van der Waals surface area contributed by atoms with Gasteiger partial charge in [0.25, 0.3) is 5.91 Å². The highest BCUT2D eigenvalue weighted by Crippen LogP contribution is 2.35. The molecule has 0 aliphatic rings. The van der Waals surface area contributed by atoms with E-state index in [1.54, 1.807) is 32.3 Å². The molecule has 30 heavy (non-hydrogen) atoms. The SMILES string of the molecule is C=C(C)[C@@H](Nc1nsnc1Nc1cccc(C(=O)N(C)C)c1O)c1cc(C)c(C)o1. The van der Waals surface area contributed by atoms with Crippen LogP contribution in [-0.4, -0.2) is 38.8 Å². The number of phenols is 1. The Balaban J connectivity index is 1.88. The second-order valence-corrected chi connectivity index (χ2v) is 7.83. The summed E-state index contributed by atoms with van der Waals surface area (Å²) in [5.41, 5.74) is 2.46. The second-order valence-electron chi connectivity index (χ2n) is 7.30. The predicted octanol–water partition coefficient (Wildman–Crippen LogP) is 4.63. The second kappa shape index (κ2) is 8.58. The van der Waals surface area contributed by atoms with Crippen molar-refractivity contribution in [3.05, 3.63) is 59.1 Å². The number of aryl methyl sites for hydroxylation is 2. The monoisotopic (exact) mass is 427 g/mol. The molecule has 3 aromatic rings. The van der Waals surface area contributed by atoms with Crippen molar-refractivity contribution in [1.29, 1.82) is 0 Å². The number of nitrogens with one attached hydrogen (secondary N) is 2. The molecule has 1 aromatic carbocycles. The first kappa shape index (κ1) is 21.4. The zero-order chi connectivity index (χ0) is 22.0. The minimum absolute atomic E-state index is 0.149. The van der Waals surface area contributed by atoms with Gasteiger partial charge in [0.15, 0.2) is 17.4 Å². The van der Waals surface area contributed by atoms with Gasteiger partial charge in [-0.3, -0.25) is 4.79 Å². The van der Waals surface area contributed by atoms with Crippen LogP contribution in [0.5, 0.6) is 5.75 Å². The number of hydrogen-bond donors (Lipinski definition) is 3. The van der Waals surface area contributed by atoms with E-state index >= 15 is 0 Å². The minimum atomic E-state index is -0.295. The maximum Gasteiger partial charge on any atom is 0.257 e. The van der Waals surface area contributed by atoms with E-state index in [-0.39, 0.29) is 23.3 Å². The molecule has 3 rings (SSSR count). The number of benzene rings is 1. The van der Waals surface area contributed by atoms with Crippen LogP contribution < -0.4 is 10.6 Å². The number of furan rings is 1. The van der Waals surface area contributed by atoms with Gasteiger partial charge in [0, 0.05) is 14.1 Å². The zero-order valence-electron chi connectivity index (χ0n) is 17.6. The van der Waals surface area contributed by atoms with Crippen LogP contribution in [0, 0.1) is 13.8 Å². The standard InChI is InChI=1S/C21H25N5O3S/c1-11(2)17(16-10-12(3)13(4)29-16)23-20-19(24-30-25-20)22-15-9-7-8-14(18(15)27)21(28)26(5)6/h7-10,17,27H,1H2,2-6H3,(H,22,24)(H,23,25)/t17-/m1/s1. The molecule has 0 radical (unpaired) electrons. The number of nitrogens with zero attached hydrogens (tertiary/aromatic N) is 3. The van der Waals surface area contributed by atoms with E-state index in [4.69, 9.17) is 4.42 Å². The highest BCUT2D eigenvalue weighted by atomic mass is 32.1. The summed E-state index contributed by atoms with van der Waals surface area (Å²) >= 11 is 1.02. The molecule has 1 atom stereocenters. The lowest BCUT2D eigenvalue weighted by atomic mass is 10.1. The number of anilines is 3. The van der Waals surface area contributed by atoms with E-state index in [0.29, 0.717) is 17.3 Å². The summed E-state index contributed by atoms with van der Waals surface area (Å²) in [7, 11) is 3.26. The van der Waals surface area contributed by atoms with Crippen LogP contribution in [0.1, 0.15) is 40.4 Å². The molecular weight excluding hydrogens is 402 g/mol. The number of amides is 1. The molecule has 0 unspecified atom stereocenters. The molecule has 1 amide bonds. The van der Waals surface area contributed by atoms with Gasteiger partial charge in [-0.15, -0.1) is 0 Å². The van der Waals surface area contributed by atoms with Crippen molar-refractivity contribution >= 4 is 35.0 Å². The Labute approximate surface area is 179 Å². The molecule has 3 N–H and O–H groups in total. The summed E-state index contributed by atoms with van der Waals surface area (Å²) in [6, 6.07) is 6.60. The highest BCUT2D eigenvalue weighted by molar-refractivity contribution is 6.99. The van der Waals surface area contributed by atoms with Gasteiger partial charge in [0.1, 0.15) is 17.6 Å². The van der Waals surface area contributed by atoms with Crippen LogP contribution in [0.3, 0.4) is 0 Å². The van der Waals surface area contributed by atoms with Gasteiger partial charge in [-0.25, -0.2) is 0 Å². The van der Waals surface area contributed by atoms with E-state index in [1.165, 1.54) is 4.90 Å². The summed E-state index contributed by atoms with van der Waals surface area (Å²) in [5, 5.41) is 16.9. The van der Waals surface area contributed by atoms with Gasteiger partial charge in [0.05, 0.1) is 23.0 Å². The molecule has 158 valence electrons. The Morgan fingerprint density at radius 1 is 1.27 bits per heavy atom. The molecule has 9 heteroatoms. The number of carbonyl (C=O) groups is 1.